The number of Topliss-reactive ketones (excluding diaryl/α,β-unsaturated/α-hetero) is 1. The summed E-state index contributed by atoms with van der Waals surface area (Å²) in [7, 11) is -0.733. The lowest BCUT2D eigenvalue weighted by Crippen LogP contribution is -2.32. The number of hydrogen-bond donors (Lipinski definition) is 0. The first-order chi connectivity index (χ1) is 5.85. The van der Waals surface area contributed by atoms with Crippen molar-refractivity contribution in [3.8, 4) is 0 Å². The van der Waals surface area contributed by atoms with Crippen molar-refractivity contribution in [1.82, 2.24) is 0 Å². The Morgan fingerprint density at radius 1 is 1.31 bits per heavy atom. The Morgan fingerprint density at radius 2 is 1.69 bits per heavy atom. The van der Waals surface area contributed by atoms with Crippen molar-refractivity contribution in [2.45, 2.75) is 32.3 Å². The van der Waals surface area contributed by atoms with Gasteiger partial charge < -0.3 is 9.05 Å². The van der Waals surface area contributed by atoms with Gasteiger partial charge in [-0.1, -0.05) is 6.92 Å². The van der Waals surface area contributed by atoms with Gasteiger partial charge >= 0.3 is 7.60 Å². The van der Waals surface area contributed by atoms with Crippen molar-refractivity contribution >= 4 is 13.4 Å². The highest BCUT2D eigenvalue weighted by Crippen LogP contribution is 2.59. The quantitative estimate of drug-likeness (QED) is 0.650. The fourth-order valence-corrected chi connectivity index (χ4v) is 2.64. The minimum atomic E-state index is -3.31. The molecule has 0 aromatic heterocycles. The first-order valence-electron chi connectivity index (χ1n) is 4.10. The Morgan fingerprint density at radius 3 is 1.92 bits per heavy atom. The molecule has 0 aromatic carbocycles. The molecule has 0 spiro atoms. The van der Waals surface area contributed by atoms with E-state index in [1.165, 1.54) is 14.2 Å². The summed E-state index contributed by atoms with van der Waals surface area (Å²) in [6.07, 6.45) is 0.323. The second-order valence-corrected chi connectivity index (χ2v) is 6.04. The number of ketones is 1. The zero-order chi connectivity index (χ0) is 10.7. The minimum absolute atomic E-state index is 0.125. The highest BCUT2D eigenvalue weighted by Gasteiger charge is 2.46. The maximum absolute atomic E-state index is 11.9. The molecule has 0 amide bonds. The molecule has 13 heavy (non-hydrogen) atoms. The molecule has 0 aliphatic rings. The average molecular weight is 208 g/mol. The highest BCUT2D eigenvalue weighted by molar-refractivity contribution is 7.56. The van der Waals surface area contributed by atoms with E-state index in [1.54, 1.807) is 20.8 Å². The maximum Gasteiger partial charge on any atom is 0.343 e. The normalized spacial score (nSPS) is 13.0. The van der Waals surface area contributed by atoms with Crippen LogP contribution in [0.25, 0.3) is 0 Å². The van der Waals surface area contributed by atoms with Gasteiger partial charge in [-0.3, -0.25) is 9.36 Å². The van der Waals surface area contributed by atoms with Crippen LogP contribution in [0.5, 0.6) is 0 Å². The molecular formula is C8H17O4P. The third-order valence-corrected chi connectivity index (χ3v) is 4.75. The van der Waals surface area contributed by atoms with Crippen molar-refractivity contribution in [3.05, 3.63) is 0 Å². The van der Waals surface area contributed by atoms with Gasteiger partial charge in [0.2, 0.25) is 0 Å². The Hall–Kier alpha value is -0.180. The van der Waals surface area contributed by atoms with Crippen LogP contribution in [0, 0.1) is 0 Å². The number of hydrogen-bond acceptors (Lipinski definition) is 4. The Kier molecular flexibility index (Phi) is 4.30. The second-order valence-electron chi connectivity index (χ2n) is 3.20. The van der Waals surface area contributed by atoms with Gasteiger partial charge in [0.1, 0.15) is 10.9 Å². The first-order valence-corrected chi connectivity index (χ1v) is 5.65. The SMILES string of the molecule is CCC(=O)C(C)(C)P(=O)(OC)OC. The summed E-state index contributed by atoms with van der Waals surface area (Å²) in [5.41, 5.74) is 0. The zero-order valence-corrected chi connectivity index (χ0v) is 9.68. The largest absolute Gasteiger partial charge is 0.343 e. The molecule has 0 atom stereocenters. The van der Waals surface area contributed by atoms with E-state index >= 15 is 0 Å². The number of rotatable bonds is 5. The fraction of sp³-hybridized carbons (Fsp3) is 0.875. The van der Waals surface area contributed by atoms with Gasteiger partial charge in [0.15, 0.2) is 0 Å². The lowest BCUT2D eigenvalue weighted by atomic mass is 10.1. The van der Waals surface area contributed by atoms with E-state index in [0.717, 1.165) is 0 Å². The van der Waals surface area contributed by atoms with Crippen LogP contribution in [-0.2, 0) is 18.4 Å². The summed E-state index contributed by atoms with van der Waals surface area (Å²) in [4.78, 5) is 11.5. The van der Waals surface area contributed by atoms with Crippen LogP contribution in [0.15, 0.2) is 0 Å². The topological polar surface area (TPSA) is 52.6 Å². The van der Waals surface area contributed by atoms with E-state index in [4.69, 9.17) is 9.05 Å². The molecule has 0 radical (unpaired) electrons. The van der Waals surface area contributed by atoms with Crippen LogP contribution >= 0.6 is 7.60 Å². The lowest BCUT2D eigenvalue weighted by molar-refractivity contribution is -0.121. The Bertz CT molecular complexity index is 226. The maximum atomic E-state index is 11.9. The van der Waals surface area contributed by atoms with Gasteiger partial charge in [0.05, 0.1) is 0 Å². The summed E-state index contributed by atoms with van der Waals surface area (Å²) in [5, 5.41) is -1.06. The molecule has 0 rings (SSSR count). The van der Waals surface area contributed by atoms with Crippen molar-refractivity contribution in [3.63, 3.8) is 0 Å². The lowest BCUT2D eigenvalue weighted by Gasteiger charge is -2.29. The predicted octanol–water partition coefficient (Wildman–Crippen LogP) is 2.23. The van der Waals surface area contributed by atoms with Crippen molar-refractivity contribution < 1.29 is 18.4 Å². The first kappa shape index (κ1) is 12.8. The van der Waals surface area contributed by atoms with Gasteiger partial charge in [0.25, 0.3) is 0 Å². The molecule has 78 valence electrons. The molecule has 0 unspecified atom stereocenters. The molecule has 0 aliphatic heterocycles. The van der Waals surface area contributed by atoms with Crippen LogP contribution in [0.1, 0.15) is 27.2 Å². The predicted molar refractivity (Wildman–Crippen MR) is 51.0 cm³/mol. The van der Waals surface area contributed by atoms with E-state index in [2.05, 4.69) is 0 Å². The van der Waals surface area contributed by atoms with Crippen molar-refractivity contribution in [2.24, 2.45) is 0 Å². The third kappa shape index (κ3) is 2.19. The molecule has 0 aliphatic carbocycles. The summed E-state index contributed by atoms with van der Waals surface area (Å²) in [6, 6.07) is 0. The molecule has 0 aromatic rings. The van der Waals surface area contributed by atoms with Crippen LogP contribution in [0.2, 0.25) is 0 Å². The molecular weight excluding hydrogens is 191 g/mol. The highest BCUT2D eigenvalue weighted by atomic mass is 31.2. The van der Waals surface area contributed by atoms with E-state index in [-0.39, 0.29) is 5.78 Å². The second kappa shape index (κ2) is 4.36. The standard InChI is InChI=1S/C8H17O4P/c1-6-7(9)8(2,3)13(10,11-4)12-5/h6H2,1-5H3. The van der Waals surface area contributed by atoms with Gasteiger partial charge in [-0.15, -0.1) is 0 Å². The molecule has 0 N–H and O–H groups in total. The van der Waals surface area contributed by atoms with Gasteiger partial charge in [-0.05, 0) is 13.8 Å². The molecule has 0 heterocycles. The molecule has 0 fully saturated rings. The summed E-state index contributed by atoms with van der Waals surface area (Å²) in [5.74, 6) is -0.125. The van der Waals surface area contributed by atoms with E-state index < -0.39 is 12.8 Å². The van der Waals surface area contributed by atoms with E-state index in [0.29, 0.717) is 6.42 Å². The number of carbonyl (C=O) groups is 1. The Labute approximate surface area is 79.1 Å². The zero-order valence-electron chi connectivity index (χ0n) is 8.79. The van der Waals surface area contributed by atoms with Gasteiger partial charge in [0, 0.05) is 20.6 Å². The van der Waals surface area contributed by atoms with Crippen LogP contribution in [0.3, 0.4) is 0 Å². The molecule has 5 heteroatoms. The number of carbonyl (C=O) groups excluding carboxylic acids is 1. The van der Waals surface area contributed by atoms with Crippen LogP contribution in [-0.4, -0.2) is 25.2 Å². The summed E-state index contributed by atoms with van der Waals surface area (Å²) < 4.78 is 21.5. The van der Waals surface area contributed by atoms with Gasteiger partial charge in [-0.25, -0.2) is 0 Å². The minimum Gasteiger partial charge on any atom is -0.311 e. The average Bonchev–Trinajstić information content (AvgIpc) is 2.14. The van der Waals surface area contributed by atoms with Crippen molar-refractivity contribution in [1.29, 1.82) is 0 Å². The monoisotopic (exact) mass is 208 g/mol. The molecule has 0 saturated heterocycles. The van der Waals surface area contributed by atoms with Crippen LogP contribution in [0.4, 0.5) is 0 Å². The van der Waals surface area contributed by atoms with Crippen molar-refractivity contribution in [2.75, 3.05) is 14.2 Å². The molecule has 4 nitrogen and oxygen atoms in total. The Balaban J connectivity index is 5.00. The summed E-state index contributed by atoms with van der Waals surface area (Å²) in [6.45, 7) is 4.87. The summed E-state index contributed by atoms with van der Waals surface area (Å²) >= 11 is 0. The smallest absolute Gasteiger partial charge is 0.311 e. The molecule has 0 saturated carbocycles. The van der Waals surface area contributed by atoms with E-state index in [9.17, 15) is 9.36 Å². The van der Waals surface area contributed by atoms with Crippen LogP contribution < -0.4 is 0 Å². The fourth-order valence-electron chi connectivity index (χ4n) is 1.12. The third-order valence-electron chi connectivity index (χ3n) is 2.17. The molecule has 0 bridgehead atoms. The van der Waals surface area contributed by atoms with E-state index in [1.807, 2.05) is 0 Å². The van der Waals surface area contributed by atoms with Gasteiger partial charge in [-0.2, -0.15) is 0 Å².